The van der Waals surface area contributed by atoms with Crippen molar-refractivity contribution in [1.82, 2.24) is 19.7 Å². The number of hydrogen-bond donors (Lipinski definition) is 1. The third kappa shape index (κ3) is 4.29. The monoisotopic (exact) mass is 390 g/mol. The van der Waals surface area contributed by atoms with E-state index in [1.807, 2.05) is 16.9 Å². The number of nitriles is 1. The van der Waals surface area contributed by atoms with Crippen molar-refractivity contribution in [3.05, 3.63) is 54.2 Å². The lowest BCUT2D eigenvalue weighted by atomic mass is 9.99. The zero-order valence-corrected chi connectivity index (χ0v) is 15.8. The molecule has 0 amide bonds. The maximum Gasteiger partial charge on any atom is 0.227 e. The average Bonchev–Trinajstić information content (AvgIpc) is 3.47. The average molecular weight is 390 g/mol. The SMILES string of the molecule is C[C@@H](C#N)CC(=O)c1ccc(-c2ccnc(Nc3cnn(C4CC4)c3)n2)cc1F. The molecule has 3 aromatic rings. The summed E-state index contributed by atoms with van der Waals surface area (Å²) >= 11 is 0. The van der Waals surface area contributed by atoms with Crippen molar-refractivity contribution in [3.63, 3.8) is 0 Å². The lowest BCUT2D eigenvalue weighted by molar-refractivity contribution is 0.0969. The van der Waals surface area contributed by atoms with Gasteiger partial charge in [-0.25, -0.2) is 14.4 Å². The number of ketones is 1. The van der Waals surface area contributed by atoms with E-state index >= 15 is 0 Å². The molecular formula is C21H19FN6O. The molecule has 0 spiro atoms. The van der Waals surface area contributed by atoms with Crippen LogP contribution in [0.5, 0.6) is 0 Å². The summed E-state index contributed by atoms with van der Waals surface area (Å²) in [4.78, 5) is 20.8. The van der Waals surface area contributed by atoms with E-state index < -0.39 is 11.7 Å². The highest BCUT2D eigenvalue weighted by molar-refractivity contribution is 5.97. The minimum atomic E-state index is -0.628. The van der Waals surface area contributed by atoms with Crippen LogP contribution in [0.4, 0.5) is 16.0 Å². The fraction of sp³-hybridized carbons (Fsp3) is 0.286. The van der Waals surface area contributed by atoms with Gasteiger partial charge in [0.25, 0.3) is 0 Å². The van der Waals surface area contributed by atoms with Crippen molar-refractivity contribution in [1.29, 1.82) is 5.26 Å². The molecule has 2 heterocycles. The van der Waals surface area contributed by atoms with Gasteiger partial charge in [-0.05, 0) is 38.0 Å². The van der Waals surface area contributed by atoms with Gasteiger partial charge in [-0.15, -0.1) is 0 Å². The van der Waals surface area contributed by atoms with Crippen LogP contribution in [0.2, 0.25) is 0 Å². The maximum atomic E-state index is 14.5. The van der Waals surface area contributed by atoms with Crippen molar-refractivity contribution in [3.8, 4) is 17.3 Å². The van der Waals surface area contributed by atoms with Crippen molar-refractivity contribution in [2.75, 3.05) is 5.32 Å². The Hall–Kier alpha value is -3.60. The Balaban J connectivity index is 1.52. The number of aromatic nitrogens is 4. The molecule has 1 saturated carbocycles. The van der Waals surface area contributed by atoms with Crippen molar-refractivity contribution in [2.45, 2.75) is 32.2 Å². The Labute approximate surface area is 167 Å². The van der Waals surface area contributed by atoms with Crippen molar-refractivity contribution < 1.29 is 9.18 Å². The van der Waals surface area contributed by atoms with Crippen LogP contribution < -0.4 is 5.32 Å². The third-order valence-corrected chi connectivity index (χ3v) is 4.71. The second-order valence-electron chi connectivity index (χ2n) is 7.18. The van der Waals surface area contributed by atoms with Gasteiger partial charge in [-0.3, -0.25) is 9.48 Å². The molecule has 29 heavy (non-hydrogen) atoms. The van der Waals surface area contributed by atoms with E-state index in [1.165, 1.54) is 12.1 Å². The topological polar surface area (TPSA) is 96.5 Å². The third-order valence-electron chi connectivity index (χ3n) is 4.71. The van der Waals surface area contributed by atoms with E-state index in [0.717, 1.165) is 18.5 Å². The first-order chi connectivity index (χ1) is 14.0. The summed E-state index contributed by atoms with van der Waals surface area (Å²) in [5.41, 5.74) is 1.83. The van der Waals surface area contributed by atoms with E-state index in [0.29, 0.717) is 23.2 Å². The maximum absolute atomic E-state index is 14.5. The smallest absolute Gasteiger partial charge is 0.227 e. The van der Waals surface area contributed by atoms with E-state index in [9.17, 15) is 9.18 Å². The number of rotatable bonds is 7. The Bertz CT molecular complexity index is 1100. The van der Waals surface area contributed by atoms with Crippen LogP contribution in [0.1, 0.15) is 42.6 Å². The van der Waals surface area contributed by atoms with E-state index in [4.69, 9.17) is 5.26 Å². The molecule has 0 radical (unpaired) electrons. The van der Waals surface area contributed by atoms with Crippen LogP contribution in [-0.4, -0.2) is 25.5 Å². The minimum absolute atomic E-state index is 0.0110. The van der Waals surface area contributed by atoms with Crippen LogP contribution >= 0.6 is 0 Å². The molecule has 1 atom stereocenters. The second kappa shape index (κ2) is 7.80. The lowest BCUT2D eigenvalue weighted by Crippen LogP contribution is -2.07. The van der Waals surface area contributed by atoms with Crippen molar-refractivity contribution >= 4 is 17.4 Å². The van der Waals surface area contributed by atoms with Gasteiger partial charge >= 0.3 is 0 Å². The van der Waals surface area contributed by atoms with Gasteiger partial charge < -0.3 is 5.32 Å². The predicted molar refractivity (Wildman–Crippen MR) is 105 cm³/mol. The zero-order chi connectivity index (χ0) is 20.4. The fourth-order valence-electron chi connectivity index (χ4n) is 2.98. The highest BCUT2D eigenvalue weighted by Crippen LogP contribution is 2.34. The van der Waals surface area contributed by atoms with Crippen LogP contribution in [0.25, 0.3) is 11.3 Å². The summed E-state index contributed by atoms with van der Waals surface area (Å²) in [5, 5.41) is 16.3. The molecule has 1 fully saturated rings. The van der Waals surface area contributed by atoms with Crippen LogP contribution in [0, 0.1) is 23.1 Å². The first-order valence-corrected chi connectivity index (χ1v) is 9.40. The van der Waals surface area contributed by atoms with Gasteiger partial charge in [0.1, 0.15) is 5.82 Å². The first kappa shape index (κ1) is 18.7. The number of nitrogens with one attached hydrogen (secondary N) is 1. The van der Waals surface area contributed by atoms with Gasteiger partial charge in [0.05, 0.1) is 41.2 Å². The van der Waals surface area contributed by atoms with Crippen LogP contribution in [-0.2, 0) is 0 Å². The van der Waals surface area contributed by atoms with Gasteiger partial charge in [0.15, 0.2) is 5.78 Å². The van der Waals surface area contributed by atoms with Crippen molar-refractivity contribution in [2.24, 2.45) is 5.92 Å². The summed E-state index contributed by atoms with van der Waals surface area (Å²) in [6, 6.07) is 8.50. The molecule has 0 aliphatic heterocycles. The molecule has 2 aromatic heterocycles. The summed E-state index contributed by atoms with van der Waals surface area (Å²) in [6.07, 6.45) is 7.50. The van der Waals surface area contributed by atoms with Gasteiger partial charge in [0, 0.05) is 24.4 Å². The predicted octanol–water partition coefficient (Wildman–Crippen LogP) is 4.29. The molecule has 1 N–H and O–H groups in total. The Kier molecular flexibility index (Phi) is 5.04. The molecule has 1 aromatic carbocycles. The largest absolute Gasteiger partial charge is 0.321 e. The molecule has 7 nitrogen and oxygen atoms in total. The number of benzene rings is 1. The van der Waals surface area contributed by atoms with Gasteiger partial charge in [-0.1, -0.05) is 6.07 Å². The quantitative estimate of drug-likeness (QED) is 0.605. The Morgan fingerprint density at radius 2 is 2.24 bits per heavy atom. The standard InChI is InChI=1S/C21H19FN6O/c1-13(10-23)8-20(29)17-5-2-14(9-18(17)22)19-6-7-24-21(27-19)26-15-11-25-28(12-15)16-3-4-16/h2,5-7,9,11-13,16H,3-4,8H2,1H3,(H,24,26,27)/t13-/m1/s1. The highest BCUT2D eigenvalue weighted by atomic mass is 19.1. The number of nitrogens with zero attached hydrogens (tertiary/aromatic N) is 5. The number of halogens is 1. The number of Topliss-reactive ketones (excluding diaryl/α,β-unsaturated/α-hetero) is 1. The molecule has 0 bridgehead atoms. The summed E-state index contributed by atoms with van der Waals surface area (Å²) in [6.45, 7) is 1.63. The molecule has 1 aliphatic rings. The van der Waals surface area contributed by atoms with Crippen LogP contribution in [0.15, 0.2) is 42.9 Å². The minimum Gasteiger partial charge on any atom is -0.321 e. The fourth-order valence-corrected chi connectivity index (χ4v) is 2.98. The Morgan fingerprint density at radius 3 is 2.97 bits per heavy atom. The molecule has 4 rings (SSSR count). The summed E-state index contributed by atoms with van der Waals surface area (Å²) < 4.78 is 16.4. The lowest BCUT2D eigenvalue weighted by Gasteiger charge is -2.08. The normalized spacial score (nSPS) is 14.2. The number of hydrogen-bond acceptors (Lipinski definition) is 6. The number of anilines is 2. The molecular weight excluding hydrogens is 371 g/mol. The van der Waals surface area contributed by atoms with Gasteiger partial charge in [-0.2, -0.15) is 10.4 Å². The number of carbonyl (C=O) groups is 1. The molecule has 0 saturated heterocycles. The highest BCUT2D eigenvalue weighted by Gasteiger charge is 2.24. The van der Waals surface area contributed by atoms with E-state index in [-0.39, 0.29) is 17.8 Å². The first-order valence-electron chi connectivity index (χ1n) is 9.40. The van der Waals surface area contributed by atoms with Crippen LogP contribution in [0.3, 0.4) is 0 Å². The van der Waals surface area contributed by atoms with Gasteiger partial charge in [0.2, 0.25) is 5.95 Å². The summed E-state index contributed by atoms with van der Waals surface area (Å²) in [5.74, 6) is -1.10. The molecule has 1 aliphatic carbocycles. The van der Waals surface area contributed by atoms with E-state index in [2.05, 4.69) is 20.4 Å². The molecule has 146 valence electrons. The molecule has 0 unspecified atom stereocenters. The zero-order valence-electron chi connectivity index (χ0n) is 15.8. The molecule has 8 heteroatoms. The second-order valence-corrected chi connectivity index (χ2v) is 7.18. The Morgan fingerprint density at radius 1 is 1.41 bits per heavy atom. The number of carbonyl (C=O) groups excluding carboxylic acids is 1. The van der Waals surface area contributed by atoms with E-state index in [1.54, 1.807) is 31.5 Å². The summed E-state index contributed by atoms with van der Waals surface area (Å²) in [7, 11) is 0.